The molecule has 31 heavy (non-hydrogen) atoms. The molecule has 0 radical (unpaired) electrons. The summed E-state index contributed by atoms with van der Waals surface area (Å²) >= 11 is 7.32. The molecule has 4 rings (SSSR count). The van der Waals surface area contributed by atoms with Gasteiger partial charge in [-0.25, -0.2) is 18.4 Å². The fraction of sp³-hybridized carbons (Fsp3) is 0.200. The molecular weight excluding hydrogens is 460 g/mol. The average Bonchev–Trinajstić information content (AvgIpc) is 3.11. The number of amides is 2. The molecule has 0 fully saturated rings. The van der Waals surface area contributed by atoms with Crippen molar-refractivity contribution in [2.24, 2.45) is 5.10 Å². The van der Waals surface area contributed by atoms with Gasteiger partial charge in [-0.2, -0.15) is 5.10 Å². The second-order valence-corrected chi connectivity index (χ2v) is 10.5. The van der Waals surface area contributed by atoms with Gasteiger partial charge >= 0.3 is 0 Å². The van der Waals surface area contributed by atoms with Crippen molar-refractivity contribution < 1.29 is 18.0 Å². The zero-order chi connectivity index (χ0) is 22.3. The molecular formula is C20H17ClN4O4S2. The van der Waals surface area contributed by atoms with Crippen molar-refractivity contribution in [1.82, 2.24) is 4.98 Å². The van der Waals surface area contributed by atoms with Gasteiger partial charge in [0.2, 0.25) is 5.91 Å². The number of nitrogens with one attached hydrogen (secondary N) is 1. The number of fused-ring (bicyclic) bond motifs is 1. The molecule has 0 unspecified atom stereocenters. The number of rotatable bonds is 4. The highest BCUT2D eigenvalue weighted by atomic mass is 35.5. The molecule has 0 bridgehead atoms. The van der Waals surface area contributed by atoms with E-state index >= 15 is 0 Å². The van der Waals surface area contributed by atoms with E-state index in [0.717, 1.165) is 23.2 Å². The number of hydrazone groups is 1. The maximum atomic E-state index is 12.7. The average molecular weight is 477 g/mol. The molecule has 0 aliphatic carbocycles. The molecule has 0 saturated heterocycles. The van der Waals surface area contributed by atoms with E-state index in [9.17, 15) is 18.0 Å². The van der Waals surface area contributed by atoms with E-state index in [1.54, 1.807) is 24.3 Å². The van der Waals surface area contributed by atoms with Crippen molar-refractivity contribution in [3.63, 3.8) is 0 Å². The van der Waals surface area contributed by atoms with Crippen molar-refractivity contribution in [2.45, 2.75) is 24.7 Å². The number of halogens is 1. The maximum Gasteiger partial charge on any atom is 0.273 e. The first-order valence-corrected chi connectivity index (χ1v) is 12.3. The summed E-state index contributed by atoms with van der Waals surface area (Å²) in [4.78, 5) is 29.6. The number of hydrogen-bond donors (Lipinski definition) is 1. The van der Waals surface area contributed by atoms with Gasteiger partial charge in [0.05, 0.1) is 20.8 Å². The highest BCUT2D eigenvalue weighted by Crippen LogP contribution is 2.29. The summed E-state index contributed by atoms with van der Waals surface area (Å²) in [5.74, 6) is -0.706. The predicted octanol–water partition coefficient (Wildman–Crippen LogP) is 3.78. The van der Waals surface area contributed by atoms with Crippen molar-refractivity contribution in [2.75, 3.05) is 16.6 Å². The van der Waals surface area contributed by atoms with Gasteiger partial charge in [0.1, 0.15) is 5.71 Å². The summed E-state index contributed by atoms with van der Waals surface area (Å²) in [6.45, 7) is 1.85. The highest BCUT2D eigenvalue weighted by Gasteiger charge is 2.26. The standard InChI is InChI=1S/C20H17ClN4O4S2/c1-11-3-4-12(9-14(11)21)25-18(26)8-7-16(24-25)19(27)23-20-22-15-6-5-13(31(2,28)29)10-17(15)30-20/h3-6,9-10H,7-8H2,1-2H3,(H,22,23,27). The summed E-state index contributed by atoms with van der Waals surface area (Å²) in [6.07, 6.45) is 1.46. The van der Waals surface area contributed by atoms with Crippen LogP contribution >= 0.6 is 22.9 Å². The summed E-state index contributed by atoms with van der Waals surface area (Å²) < 4.78 is 24.1. The van der Waals surface area contributed by atoms with Crippen LogP contribution in [0.4, 0.5) is 10.8 Å². The lowest BCUT2D eigenvalue weighted by Gasteiger charge is -2.23. The number of aryl methyl sites for hydroxylation is 1. The van der Waals surface area contributed by atoms with E-state index in [1.165, 1.54) is 17.1 Å². The van der Waals surface area contributed by atoms with Gasteiger partial charge in [-0.1, -0.05) is 29.0 Å². The zero-order valence-corrected chi connectivity index (χ0v) is 18.9. The Balaban J connectivity index is 1.58. The number of nitrogens with zero attached hydrogens (tertiary/aromatic N) is 3. The fourth-order valence-electron chi connectivity index (χ4n) is 2.99. The van der Waals surface area contributed by atoms with E-state index in [0.29, 0.717) is 26.1 Å². The minimum absolute atomic E-state index is 0.134. The number of carbonyl (C=O) groups is 2. The molecule has 1 aliphatic rings. The van der Waals surface area contributed by atoms with Gasteiger partial charge in [0, 0.05) is 24.1 Å². The van der Waals surface area contributed by atoms with E-state index in [2.05, 4.69) is 15.4 Å². The smallest absolute Gasteiger partial charge is 0.273 e. The number of aromatic nitrogens is 1. The second-order valence-electron chi connectivity index (χ2n) is 7.06. The van der Waals surface area contributed by atoms with Gasteiger partial charge < -0.3 is 0 Å². The lowest BCUT2D eigenvalue weighted by Crippen LogP contribution is -2.36. The number of thiazole rings is 1. The van der Waals surface area contributed by atoms with Gasteiger partial charge in [-0.05, 0) is 42.8 Å². The van der Waals surface area contributed by atoms with E-state index < -0.39 is 15.7 Å². The third-order valence-corrected chi connectivity index (χ3v) is 7.15. The van der Waals surface area contributed by atoms with Crippen LogP contribution in [0, 0.1) is 6.92 Å². The zero-order valence-electron chi connectivity index (χ0n) is 16.5. The molecule has 2 heterocycles. The van der Waals surface area contributed by atoms with Crippen molar-refractivity contribution >= 4 is 71.3 Å². The molecule has 3 aromatic rings. The lowest BCUT2D eigenvalue weighted by atomic mass is 10.1. The largest absolute Gasteiger partial charge is 0.297 e. The Bertz CT molecular complexity index is 1360. The van der Waals surface area contributed by atoms with Crippen LogP contribution in [0.5, 0.6) is 0 Å². The minimum atomic E-state index is -3.34. The van der Waals surface area contributed by atoms with Crippen LogP contribution in [0.2, 0.25) is 5.02 Å². The molecule has 1 aliphatic heterocycles. The third-order valence-electron chi connectivity index (χ3n) is 4.70. The van der Waals surface area contributed by atoms with Gasteiger partial charge in [-0.15, -0.1) is 0 Å². The van der Waals surface area contributed by atoms with Crippen molar-refractivity contribution in [1.29, 1.82) is 0 Å². The van der Waals surface area contributed by atoms with Crippen molar-refractivity contribution in [3.8, 4) is 0 Å². The number of hydrogen-bond acceptors (Lipinski definition) is 7. The maximum absolute atomic E-state index is 12.7. The first-order valence-electron chi connectivity index (χ1n) is 9.20. The molecule has 0 saturated carbocycles. The van der Waals surface area contributed by atoms with Crippen LogP contribution in [0.25, 0.3) is 10.2 Å². The molecule has 0 spiro atoms. The first kappa shape index (κ1) is 21.4. The number of carbonyl (C=O) groups excluding carboxylic acids is 2. The molecule has 0 atom stereocenters. The summed E-state index contributed by atoms with van der Waals surface area (Å²) in [7, 11) is -3.34. The summed E-state index contributed by atoms with van der Waals surface area (Å²) in [6, 6.07) is 9.72. The number of benzene rings is 2. The molecule has 160 valence electrons. The first-order chi connectivity index (χ1) is 14.6. The predicted molar refractivity (Wildman–Crippen MR) is 122 cm³/mol. The summed E-state index contributed by atoms with van der Waals surface area (Å²) in [5.41, 5.74) is 2.11. The minimum Gasteiger partial charge on any atom is -0.297 e. The Morgan fingerprint density at radius 3 is 2.68 bits per heavy atom. The molecule has 1 N–H and O–H groups in total. The molecule has 11 heteroatoms. The van der Waals surface area contributed by atoms with Crippen LogP contribution in [-0.4, -0.2) is 37.2 Å². The number of anilines is 2. The van der Waals surface area contributed by atoms with E-state index in [-0.39, 0.29) is 29.4 Å². The van der Waals surface area contributed by atoms with Gasteiger partial charge in [-0.3, -0.25) is 14.9 Å². The number of sulfone groups is 1. The third kappa shape index (κ3) is 4.46. The Kier molecular flexibility index (Phi) is 5.54. The SMILES string of the molecule is Cc1ccc(N2N=C(C(=O)Nc3nc4ccc(S(C)(=O)=O)cc4s3)CCC2=O)cc1Cl. The fourth-order valence-corrected chi connectivity index (χ4v) is 4.79. The van der Waals surface area contributed by atoms with Gasteiger partial charge in [0.15, 0.2) is 15.0 Å². The van der Waals surface area contributed by atoms with Crippen LogP contribution < -0.4 is 10.3 Å². The van der Waals surface area contributed by atoms with E-state index in [4.69, 9.17) is 11.6 Å². The topological polar surface area (TPSA) is 109 Å². The van der Waals surface area contributed by atoms with Crippen molar-refractivity contribution in [3.05, 3.63) is 47.0 Å². The quantitative estimate of drug-likeness (QED) is 0.616. The summed E-state index contributed by atoms with van der Waals surface area (Å²) in [5, 5.41) is 8.91. The molecule has 2 aromatic carbocycles. The van der Waals surface area contributed by atoms with Crippen LogP contribution in [0.3, 0.4) is 0 Å². The van der Waals surface area contributed by atoms with E-state index in [1.807, 2.05) is 6.92 Å². The Morgan fingerprint density at radius 1 is 1.19 bits per heavy atom. The van der Waals surface area contributed by atoms with Crippen LogP contribution in [0.1, 0.15) is 18.4 Å². The Morgan fingerprint density at radius 2 is 1.97 bits per heavy atom. The lowest BCUT2D eigenvalue weighted by molar-refractivity contribution is -0.118. The normalized spacial score (nSPS) is 14.6. The molecule has 2 amide bonds. The molecule has 8 nitrogen and oxygen atoms in total. The second kappa shape index (κ2) is 8.03. The van der Waals surface area contributed by atoms with Crippen LogP contribution in [0.15, 0.2) is 46.4 Å². The highest BCUT2D eigenvalue weighted by molar-refractivity contribution is 7.90. The van der Waals surface area contributed by atoms with Gasteiger partial charge in [0.25, 0.3) is 5.91 Å². The monoisotopic (exact) mass is 476 g/mol. The Labute approximate surface area is 187 Å². The molecule has 1 aromatic heterocycles. The Hall–Kier alpha value is -2.82. The van der Waals surface area contributed by atoms with Crippen LogP contribution in [-0.2, 0) is 19.4 Å².